The highest BCUT2D eigenvalue weighted by Crippen LogP contribution is 2.41. The van der Waals surface area contributed by atoms with E-state index in [1.165, 1.54) is 6.33 Å². The van der Waals surface area contributed by atoms with E-state index in [0.29, 0.717) is 30.7 Å². The molecule has 0 saturated heterocycles. The lowest BCUT2D eigenvalue weighted by molar-refractivity contribution is -0.117. The summed E-state index contributed by atoms with van der Waals surface area (Å²) in [5.41, 5.74) is 1.96. The van der Waals surface area contributed by atoms with Crippen LogP contribution in [0.1, 0.15) is 30.5 Å². The van der Waals surface area contributed by atoms with Crippen LogP contribution in [0.4, 0.5) is 5.95 Å². The molecular weight excluding hydrogens is 424 g/mol. The van der Waals surface area contributed by atoms with Gasteiger partial charge < -0.3 is 9.47 Å². The van der Waals surface area contributed by atoms with Gasteiger partial charge in [-0.15, -0.1) is 0 Å². The highest BCUT2D eigenvalue weighted by molar-refractivity contribution is 9.10. The van der Waals surface area contributed by atoms with E-state index in [4.69, 9.17) is 9.47 Å². The second-order valence-corrected chi connectivity index (χ2v) is 7.19. The first-order chi connectivity index (χ1) is 13.7. The Balaban J connectivity index is 1.66. The van der Waals surface area contributed by atoms with Gasteiger partial charge in [0.05, 0.1) is 23.5 Å². The van der Waals surface area contributed by atoms with Crippen LogP contribution in [-0.4, -0.2) is 27.3 Å². The van der Waals surface area contributed by atoms with Crippen LogP contribution >= 0.6 is 15.9 Å². The highest BCUT2D eigenvalue weighted by Gasteiger charge is 2.29. The largest absolute Gasteiger partial charge is 0.490 e. The van der Waals surface area contributed by atoms with Crippen molar-refractivity contribution in [3.63, 3.8) is 0 Å². The lowest BCUT2D eigenvalue weighted by atomic mass is 10.0. The SMILES string of the molecule is CCOc1cc([C@@H]2CC(=O)Nc3ncnn32)cc(Br)c1OCc1ccccc1. The number of halogens is 1. The quantitative estimate of drug-likeness (QED) is 0.624. The van der Waals surface area contributed by atoms with Gasteiger partial charge in [0.1, 0.15) is 12.9 Å². The van der Waals surface area contributed by atoms with E-state index >= 15 is 0 Å². The first-order valence-electron chi connectivity index (χ1n) is 8.98. The van der Waals surface area contributed by atoms with Crippen LogP contribution in [0, 0.1) is 0 Å². The number of fused-ring (bicyclic) bond motifs is 1. The molecule has 0 saturated carbocycles. The first-order valence-corrected chi connectivity index (χ1v) is 9.77. The van der Waals surface area contributed by atoms with Crippen LogP contribution in [0.2, 0.25) is 0 Å². The molecule has 1 aliphatic heterocycles. The van der Waals surface area contributed by atoms with Crippen LogP contribution in [0.15, 0.2) is 53.3 Å². The number of carbonyl (C=O) groups excluding carboxylic acids is 1. The third-order valence-electron chi connectivity index (χ3n) is 4.44. The number of anilines is 1. The molecule has 2 heterocycles. The maximum absolute atomic E-state index is 12.1. The van der Waals surface area contributed by atoms with Gasteiger partial charge in [0.25, 0.3) is 0 Å². The van der Waals surface area contributed by atoms with Gasteiger partial charge in [-0.25, -0.2) is 4.68 Å². The summed E-state index contributed by atoms with van der Waals surface area (Å²) in [6.07, 6.45) is 1.71. The smallest absolute Gasteiger partial charge is 0.229 e. The Morgan fingerprint density at radius 1 is 1.25 bits per heavy atom. The zero-order valence-electron chi connectivity index (χ0n) is 15.3. The van der Waals surface area contributed by atoms with Crippen LogP contribution in [0.3, 0.4) is 0 Å². The maximum Gasteiger partial charge on any atom is 0.229 e. The summed E-state index contributed by atoms with van der Waals surface area (Å²) in [6, 6.07) is 13.5. The molecule has 0 aliphatic carbocycles. The standard InChI is InChI=1S/C20H19BrN4O3/c1-2-27-17-9-14(16-10-18(26)24-20-22-12-23-25(16)20)8-15(21)19(17)28-11-13-6-4-3-5-7-13/h3-9,12,16H,2,10-11H2,1H3,(H,22,23,24,26)/t16-/m0/s1. The third kappa shape index (κ3) is 3.73. The van der Waals surface area contributed by atoms with Crippen molar-refractivity contribution in [2.45, 2.75) is 26.0 Å². The Morgan fingerprint density at radius 3 is 2.86 bits per heavy atom. The molecule has 7 nitrogen and oxygen atoms in total. The Labute approximate surface area is 170 Å². The van der Waals surface area contributed by atoms with E-state index in [1.807, 2.05) is 49.4 Å². The molecule has 0 radical (unpaired) electrons. The second-order valence-electron chi connectivity index (χ2n) is 6.33. The minimum Gasteiger partial charge on any atom is -0.490 e. The zero-order valence-corrected chi connectivity index (χ0v) is 16.8. The van der Waals surface area contributed by atoms with E-state index in [2.05, 4.69) is 31.3 Å². The summed E-state index contributed by atoms with van der Waals surface area (Å²) < 4.78 is 14.3. The topological polar surface area (TPSA) is 78.3 Å². The van der Waals surface area contributed by atoms with E-state index in [0.717, 1.165) is 15.6 Å². The number of rotatable bonds is 6. The second kappa shape index (κ2) is 8.02. The van der Waals surface area contributed by atoms with Crippen LogP contribution in [-0.2, 0) is 11.4 Å². The molecule has 1 N–H and O–H groups in total. The normalized spacial score (nSPS) is 15.6. The molecule has 28 heavy (non-hydrogen) atoms. The van der Waals surface area contributed by atoms with Crippen LogP contribution < -0.4 is 14.8 Å². The first kappa shape index (κ1) is 18.5. The molecule has 0 spiro atoms. The van der Waals surface area contributed by atoms with Gasteiger partial charge in [0, 0.05) is 0 Å². The van der Waals surface area contributed by atoms with Crippen molar-refractivity contribution in [2.24, 2.45) is 0 Å². The monoisotopic (exact) mass is 442 g/mol. The Bertz CT molecular complexity index is 990. The van der Waals surface area contributed by atoms with Gasteiger partial charge >= 0.3 is 0 Å². The van der Waals surface area contributed by atoms with Gasteiger partial charge in [-0.1, -0.05) is 30.3 Å². The van der Waals surface area contributed by atoms with Crippen molar-refractivity contribution in [1.82, 2.24) is 14.8 Å². The lowest BCUT2D eigenvalue weighted by Gasteiger charge is -2.25. The van der Waals surface area contributed by atoms with Crippen LogP contribution in [0.5, 0.6) is 11.5 Å². The molecule has 1 aromatic heterocycles. The number of benzene rings is 2. The molecule has 1 atom stereocenters. The summed E-state index contributed by atoms with van der Waals surface area (Å²) in [5, 5.41) is 6.98. The average Bonchev–Trinajstić information content (AvgIpc) is 3.16. The van der Waals surface area contributed by atoms with Crippen molar-refractivity contribution in [3.8, 4) is 11.5 Å². The lowest BCUT2D eigenvalue weighted by Crippen LogP contribution is -2.29. The molecule has 1 aliphatic rings. The molecule has 0 unspecified atom stereocenters. The molecule has 3 aromatic rings. The fraction of sp³-hybridized carbons (Fsp3) is 0.250. The minimum absolute atomic E-state index is 0.0935. The number of nitrogens with one attached hydrogen (secondary N) is 1. The zero-order chi connectivity index (χ0) is 19.5. The fourth-order valence-electron chi connectivity index (χ4n) is 3.18. The number of carbonyl (C=O) groups is 1. The average molecular weight is 443 g/mol. The molecular formula is C20H19BrN4O3. The number of amides is 1. The Morgan fingerprint density at radius 2 is 2.07 bits per heavy atom. The number of hydrogen-bond donors (Lipinski definition) is 1. The molecule has 4 rings (SSSR count). The molecule has 8 heteroatoms. The van der Waals surface area contributed by atoms with Gasteiger partial charge in [-0.2, -0.15) is 10.1 Å². The van der Waals surface area contributed by atoms with Gasteiger partial charge in [-0.05, 0) is 46.1 Å². The number of ether oxygens (including phenoxy) is 2. The molecule has 0 fully saturated rings. The van der Waals surface area contributed by atoms with Gasteiger partial charge in [0.2, 0.25) is 11.9 Å². The van der Waals surface area contributed by atoms with E-state index < -0.39 is 0 Å². The van der Waals surface area contributed by atoms with E-state index in [-0.39, 0.29) is 18.4 Å². The van der Waals surface area contributed by atoms with Gasteiger partial charge in [-0.3, -0.25) is 10.1 Å². The summed E-state index contributed by atoms with van der Waals surface area (Å²) in [5.74, 6) is 1.60. The number of hydrogen-bond acceptors (Lipinski definition) is 5. The molecule has 144 valence electrons. The third-order valence-corrected chi connectivity index (χ3v) is 5.03. The summed E-state index contributed by atoms with van der Waals surface area (Å²) >= 11 is 3.60. The van der Waals surface area contributed by atoms with Crippen molar-refractivity contribution in [3.05, 3.63) is 64.4 Å². The predicted molar refractivity (Wildman–Crippen MR) is 107 cm³/mol. The molecule has 1 amide bonds. The number of nitrogens with zero attached hydrogens (tertiary/aromatic N) is 3. The maximum atomic E-state index is 12.1. The highest BCUT2D eigenvalue weighted by atomic mass is 79.9. The number of aromatic nitrogens is 3. The molecule has 2 aromatic carbocycles. The van der Waals surface area contributed by atoms with Gasteiger partial charge in [0.15, 0.2) is 11.5 Å². The summed E-state index contributed by atoms with van der Waals surface area (Å²) in [4.78, 5) is 16.2. The van der Waals surface area contributed by atoms with E-state index in [1.54, 1.807) is 4.68 Å². The van der Waals surface area contributed by atoms with Crippen molar-refractivity contribution in [1.29, 1.82) is 0 Å². The van der Waals surface area contributed by atoms with Crippen molar-refractivity contribution >= 4 is 27.8 Å². The Kier molecular flexibility index (Phi) is 5.29. The summed E-state index contributed by atoms with van der Waals surface area (Å²) in [7, 11) is 0. The summed E-state index contributed by atoms with van der Waals surface area (Å²) in [6.45, 7) is 2.85. The fourth-order valence-corrected chi connectivity index (χ4v) is 3.75. The Hall–Kier alpha value is -2.87. The van der Waals surface area contributed by atoms with Crippen molar-refractivity contribution < 1.29 is 14.3 Å². The van der Waals surface area contributed by atoms with Crippen molar-refractivity contribution in [2.75, 3.05) is 11.9 Å². The molecule has 0 bridgehead atoms. The van der Waals surface area contributed by atoms with E-state index in [9.17, 15) is 4.79 Å². The predicted octanol–water partition coefficient (Wildman–Crippen LogP) is 3.95. The van der Waals surface area contributed by atoms with Crippen LogP contribution in [0.25, 0.3) is 0 Å². The minimum atomic E-state index is -0.259.